The Kier molecular flexibility index (Phi) is 6.78. The molecule has 0 spiro atoms. The van der Waals surface area contributed by atoms with E-state index in [9.17, 15) is 4.79 Å². The Hall–Kier alpha value is -1.85. The molecule has 0 radical (unpaired) electrons. The number of benzene rings is 3. The maximum atomic E-state index is 13.4. The summed E-state index contributed by atoms with van der Waals surface area (Å²) in [5.41, 5.74) is 5.26. The lowest BCUT2D eigenvalue weighted by Crippen LogP contribution is -2.34. The molecular formula is C24H26O2P2. The summed E-state index contributed by atoms with van der Waals surface area (Å²) in [7, 11) is 7.16. The number of hydrogen-bond acceptors (Lipinski definition) is 2. The zero-order chi connectivity index (χ0) is 20.1. The number of carbonyl (C=O) groups is 1. The molecule has 3 unspecified atom stereocenters. The first-order valence-corrected chi connectivity index (χ1v) is 10.9. The fourth-order valence-electron chi connectivity index (χ4n) is 3.41. The first-order valence-electron chi connectivity index (χ1n) is 9.31. The summed E-state index contributed by atoms with van der Waals surface area (Å²) in [5, 5.41) is 0. The van der Waals surface area contributed by atoms with E-state index in [0.29, 0.717) is 5.56 Å². The molecule has 0 aliphatic heterocycles. The molecule has 0 N–H and O–H groups in total. The van der Waals surface area contributed by atoms with E-state index in [1.54, 1.807) is 7.11 Å². The Morgan fingerprint density at radius 1 is 0.857 bits per heavy atom. The first kappa shape index (κ1) is 20.9. The van der Waals surface area contributed by atoms with E-state index in [4.69, 9.17) is 4.74 Å². The Balaban J connectivity index is 2.00. The molecule has 0 heterocycles. The third kappa shape index (κ3) is 4.11. The maximum Gasteiger partial charge on any atom is 0.198 e. The largest absolute Gasteiger partial charge is 0.366 e. The van der Waals surface area contributed by atoms with Crippen LogP contribution in [0.1, 0.15) is 34.0 Å². The fraction of sp³-hybridized carbons (Fsp3) is 0.208. The molecule has 3 aromatic rings. The van der Waals surface area contributed by atoms with E-state index in [1.807, 2.05) is 61.5 Å². The molecule has 2 nitrogen and oxygen atoms in total. The quantitative estimate of drug-likeness (QED) is 0.362. The zero-order valence-electron chi connectivity index (χ0n) is 16.3. The van der Waals surface area contributed by atoms with Gasteiger partial charge in [0, 0.05) is 12.7 Å². The van der Waals surface area contributed by atoms with Gasteiger partial charge >= 0.3 is 0 Å². The van der Waals surface area contributed by atoms with E-state index >= 15 is 0 Å². The Morgan fingerprint density at radius 2 is 1.54 bits per heavy atom. The summed E-state index contributed by atoms with van der Waals surface area (Å²) < 4.78 is 5.70. The predicted molar refractivity (Wildman–Crippen MR) is 124 cm³/mol. The standard InChI is InChI=1S/C24H26O2P2/c1-24(26-2,22-9-4-3-5-10-22)23(25)19-8-6-7-17(13-19)18-11-12-20(15-27)21(14-18)16-28/h3-14H,15-16,27-28H2,1-2H3. The van der Waals surface area contributed by atoms with E-state index in [0.717, 1.165) is 29.0 Å². The van der Waals surface area contributed by atoms with E-state index in [2.05, 4.69) is 36.7 Å². The Labute approximate surface area is 172 Å². The third-order valence-electron chi connectivity index (χ3n) is 5.27. The second-order valence-electron chi connectivity index (χ2n) is 6.91. The van der Waals surface area contributed by atoms with Crippen LogP contribution in [0.5, 0.6) is 0 Å². The van der Waals surface area contributed by atoms with Crippen molar-refractivity contribution in [3.63, 3.8) is 0 Å². The van der Waals surface area contributed by atoms with Crippen molar-refractivity contribution in [2.24, 2.45) is 0 Å². The van der Waals surface area contributed by atoms with Gasteiger partial charge in [-0.05, 0) is 53.1 Å². The molecule has 28 heavy (non-hydrogen) atoms. The molecule has 0 aromatic heterocycles. The molecule has 4 heteroatoms. The van der Waals surface area contributed by atoms with Crippen LogP contribution in [0.15, 0.2) is 72.8 Å². The van der Waals surface area contributed by atoms with Gasteiger partial charge in [-0.1, -0.05) is 66.7 Å². The summed E-state index contributed by atoms with van der Waals surface area (Å²) in [6, 6.07) is 24.0. The lowest BCUT2D eigenvalue weighted by atomic mass is 9.86. The average molecular weight is 408 g/mol. The summed E-state index contributed by atoms with van der Waals surface area (Å²) in [6.07, 6.45) is 1.84. The number of carbonyl (C=O) groups excluding carboxylic acids is 1. The molecule has 3 aromatic carbocycles. The van der Waals surface area contributed by atoms with Crippen LogP contribution >= 0.6 is 18.5 Å². The van der Waals surface area contributed by atoms with Gasteiger partial charge < -0.3 is 4.74 Å². The van der Waals surface area contributed by atoms with Crippen molar-refractivity contribution in [1.29, 1.82) is 0 Å². The van der Waals surface area contributed by atoms with Crippen LogP contribution in [-0.2, 0) is 22.7 Å². The molecule has 144 valence electrons. The van der Waals surface area contributed by atoms with Gasteiger partial charge in [-0.25, -0.2) is 0 Å². The lowest BCUT2D eigenvalue weighted by molar-refractivity contribution is 0.0102. The van der Waals surface area contributed by atoms with Crippen LogP contribution in [-0.4, -0.2) is 12.9 Å². The van der Waals surface area contributed by atoms with Crippen molar-refractivity contribution in [2.75, 3.05) is 7.11 Å². The highest BCUT2D eigenvalue weighted by Crippen LogP contribution is 2.31. The van der Waals surface area contributed by atoms with Crippen molar-refractivity contribution in [2.45, 2.75) is 24.8 Å². The molecule has 0 fully saturated rings. The number of hydrogen-bond donors (Lipinski definition) is 0. The summed E-state index contributed by atoms with van der Waals surface area (Å²) in [4.78, 5) is 13.4. The minimum absolute atomic E-state index is 0.0455. The minimum Gasteiger partial charge on any atom is -0.366 e. The van der Waals surface area contributed by atoms with Crippen LogP contribution in [0, 0.1) is 0 Å². The smallest absolute Gasteiger partial charge is 0.198 e. The Morgan fingerprint density at radius 3 is 2.18 bits per heavy atom. The molecule has 0 amide bonds. The highest BCUT2D eigenvalue weighted by molar-refractivity contribution is 7.16. The van der Waals surface area contributed by atoms with Gasteiger partial charge in [0.15, 0.2) is 11.4 Å². The fourth-order valence-corrected chi connectivity index (χ4v) is 4.19. The van der Waals surface area contributed by atoms with Crippen molar-refractivity contribution in [3.8, 4) is 11.1 Å². The van der Waals surface area contributed by atoms with Gasteiger partial charge in [0.05, 0.1) is 0 Å². The van der Waals surface area contributed by atoms with Crippen LogP contribution in [0.2, 0.25) is 0 Å². The number of methoxy groups -OCH3 is 1. The highest BCUT2D eigenvalue weighted by Gasteiger charge is 2.35. The monoisotopic (exact) mass is 408 g/mol. The molecule has 0 saturated carbocycles. The van der Waals surface area contributed by atoms with Crippen LogP contribution in [0.25, 0.3) is 11.1 Å². The lowest BCUT2D eigenvalue weighted by Gasteiger charge is -2.27. The van der Waals surface area contributed by atoms with E-state index in [-0.39, 0.29) is 5.78 Å². The minimum atomic E-state index is -1.02. The normalized spacial score (nSPS) is 13.1. The molecule has 3 atom stereocenters. The van der Waals surface area contributed by atoms with Crippen molar-refractivity contribution < 1.29 is 9.53 Å². The second kappa shape index (κ2) is 9.10. The predicted octanol–water partition coefficient (Wildman–Crippen LogP) is 5.85. The van der Waals surface area contributed by atoms with E-state index in [1.165, 1.54) is 11.1 Å². The second-order valence-corrected chi connectivity index (χ2v) is 7.72. The molecule has 0 aliphatic carbocycles. The topological polar surface area (TPSA) is 26.3 Å². The van der Waals surface area contributed by atoms with Crippen molar-refractivity contribution in [3.05, 3.63) is 95.1 Å². The van der Waals surface area contributed by atoms with Gasteiger partial charge in [-0.15, -0.1) is 18.5 Å². The number of ether oxygens (including phenoxy) is 1. The summed E-state index contributed by atoms with van der Waals surface area (Å²) in [5.74, 6) is -0.0455. The van der Waals surface area contributed by atoms with Crippen LogP contribution in [0.3, 0.4) is 0 Å². The summed E-state index contributed by atoms with van der Waals surface area (Å²) >= 11 is 0. The average Bonchev–Trinajstić information content (AvgIpc) is 2.78. The first-order chi connectivity index (χ1) is 13.5. The van der Waals surface area contributed by atoms with Crippen LogP contribution in [0.4, 0.5) is 0 Å². The van der Waals surface area contributed by atoms with Gasteiger partial charge in [-0.3, -0.25) is 4.79 Å². The molecule has 0 bridgehead atoms. The van der Waals surface area contributed by atoms with Gasteiger partial charge in [0.1, 0.15) is 0 Å². The van der Waals surface area contributed by atoms with Gasteiger partial charge in [0.2, 0.25) is 0 Å². The number of ketones is 1. The van der Waals surface area contributed by atoms with E-state index < -0.39 is 5.60 Å². The third-order valence-corrected chi connectivity index (χ3v) is 6.15. The summed E-state index contributed by atoms with van der Waals surface area (Å²) in [6.45, 7) is 1.83. The molecular weight excluding hydrogens is 382 g/mol. The van der Waals surface area contributed by atoms with Gasteiger partial charge in [-0.2, -0.15) is 0 Å². The van der Waals surface area contributed by atoms with Gasteiger partial charge in [0.25, 0.3) is 0 Å². The zero-order valence-corrected chi connectivity index (χ0v) is 18.6. The maximum absolute atomic E-state index is 13.4. The van der Waals surface area contributed by atoms with Crippen molar-refractivity contribution in [1.82, 2.24) is 0 Å². The number of rotatable bonds is 7. The molecule has 0 aliphatic rings. The van der Waals surface area contributed by atoms with Crippen LogP contribution < -0.4 is 0 Å². The molecule has 0 saturated heterocycles. The molecule has 3 rings (SSSR count). The SMILES string of the molecule is COC(C)(C(=O)c1cccc(-c2ccc(CP)c(CP)c2)c1)c1ccccc1. The number of Topliss-reactive ketones (excluding diaryl/α,β-unsaturated/α-hetero) is 1. The Bertz CT molecular complexity index is 969. The van der Waals surface area contributed by atoms with Crippen molar-refractivity contribution >= 4 is 24.3 Å². The highest BCUT2D eigenvalue weighted by atomic mass is 31.0.